The van der Waals surface area contributed by atoms with E-state index in [1.807, 2.05) is 0 Å². The standard InChI is InChI=1S/C23H28F3N5O3/c1-22(2)11-17-18(21(34)30(22)3)19(23(24,25)26)29-31(17)13-6-9-15(20(27)33)16(10-13)28-12-4-7-14(32)8-5-12/h6,9-10,12,14,28,32H,4-5,7-8,11H2,1-3H3,(H2,27,33). The molecule has 1 aromatic heterocycles. The summed E-state index contributed by atoms with van der Waals surface area (Å²) >= 11 is 0. The minimum absolute atomic E-state index is 0.0248. The lowest BCUT2D eigenvalue weighted by atomic mass is 9.88. The monoisotopic (exact) mass is 479 g/mol. The molecule has 1 aromatic carbocycles. The minimum Gasteiger partial charge on any atom is -0.393 e. The number of primary amides is 1. The van der Waals surface area contributed by atoms with Crippen LogP contribution in [0.4, 0.5) is 18.9 Å². The zero-order valence-corrected chi connectivity index (χ0v) is 19.2. The SMILES string of the molecule is CN1C(=O)c2c(C(F)(F)F)nn(-c3ccc(C(N)=O)c(NC4CCC(O)CC4)c3)c2CC1(C)C. The number of hydrogen-bond acceptors (Lipinski definition) is 5. The number of rotatable bonds is 4. The molecule has 0 saturated heterocycles. The summed E-state index contributed by atoms with van der Waals surface area (Å²) in [5.41, 5.74) is 4.15. The number of carbonyl (C=O) groups excluding carboxylic acids is 2. The number of hydrogen-bond donors (Lipinski definition) is 3. The van der Waals surface area contributed by atoms with Gasteiger partial charge in [0.05, 0.1) is 28.6 Å². The predicted molar refractivity (Wildman–Crippen MR) is 119 cm³/mol. The fourth-order valence-electron chi connectivity index (χ4n) is 4.66. The molecule has 1 saturated carbocycles. The van der Waals surface area contributed by atoms with Crippen molar-refractivity contribution >= 4 is 17.5 Å². The number of alkyl halides is 3. The Hall–Kier alpha value is -3.08. The molecule has 8 nitrogen and oxygen atoms in total. The molecule has 2 heterocycles. The highest BCUT2D eigenvalue weighted by Crippen LogP contribution is 2.39. The molecule has 0 unspecified atom stereocenters. The Labute approximate surface area is 194 Å². The number of amides is 2. The summed E-state index contributed by atoms with van der Waals surface area (Å²) in [7, 11) is 1.48. The highest BCUT2D eigenvalue weighted by molar-refractivity contribution is 6.00. The molecule has 4 rings (SSSR count). The Morgan fingerprint density at radius 3 is 2.47 bits per heavy atom. The molecule has 34 heavy (non-hydrogen) atoms. The van der Waals surface area contributed by atoms with Crippen molar-refractivity contribution in [3.63, 3.8) is 0 Å². The summed E-state index contributed by atoms with van der Waals surface area (Å²) in [5, 5.41) is 16.8. The molecular weight excluding hydrogens is 451 g/mol. The highest BCUT2D eigenvalue weighted by atomic mass is 19.4. The van der Waals surface area contributed by atoms with Crippen molar-refractivity contribution in [2.45, 2.75) is 69.8 Å². The maximum atomic E-state index is 13.8. The first kappa shape index (κ1) is 24.1. The van der Waals surface area contributed by atoms with Crippen LogP contribution in [0.3, 0.4) is 0 Å². The largest absolute Gasteiger partial charge is 0.435 e. The van der Waals surface area contributed by atoms with Crippen molar-refractivity contribution in [2.75, 3.05) is 12.4 Å². The van der Waals surface area contributed by atoms with Gasteiger partial charge in [0.1, 0.15) is 0 Å². The van der Waals surface area contributed by atoms with Crippen LogP contribution >= 0.6 is 0 Å². The van der Waals surface area contributed by atoms with Crippen LogP contribution < -0.4 is 11.1 Å². The molecule has 0 radical (unpaired) electrons. The molecule has 2 amide bonds. The van der Waals surface area contributed by atoms with Crippen LogP contribution in [0.2, 0.25) is 0 Å². The third-order valence-electron chi connectivity index (χ3n) is 6.85. The van der Waals surface area contributed by atoms with E-state index in [4.69, 9.17) is 5.73 Å². The topological polar surface area (TPSA) is 113 Å². The van der Waals surface area contributed by atoms with E-state index in [-0.39, 0.29) is 35.5 Å². The van der Waals surface area contributed by atoms with Gasteiger partial charge in [0.25, 0.3) is 11.8 Å². The van der Waals surface area contributed by atoms with Gasteiger partial charge in [0, 0.05) is 30.7 Å². The fourth-order valence-corrected chi connectivity index (χ4v) is 4.66. The second-order valence-electron chi connectivity index (χ2n) is 9.68. The van der Waals surface area contributed by atoms with Gasteiger partial charge in [-0.2, -0.15) is 18.3 Å². The highest BCUT2D eigenvalue weighted by Gasteiger charge is 2.47. The van der Waals surface area contributed by atoms with Gasteiger partial charge in [-0.05, 0) is 57.7 Å². The summed E-state index contributed by atoms with van der Waals surface area (Å²) < 4.78 is 42.7. The molecule has 184 valence electrons. The fraction of sp³-hybridized carbons (Fsp3) is 0.522. The van der Waals surface area contributed by atoms with E-state index >= 15 is 0 Å². The number of aromatic nitrogens is 2. The third-order valence-corrected chi connectivity index (χ3v) is 6.85. The van der Waals surface area contributed by atoms with E-state index in [1.165, 1.54) is 30.1 Å². The smallest absolute Gasteiger partial charge is 0.393 e. The third kappa shape index (κ3) is 4.24. The molecule has 1 aliphatic heterocycles. The summed E-state index contributed by atoms with van der Waals surface area (Å²) in [6, 6.07) is 4.43. The van der Waals surface area contributed by atoms with Gasteiger partial charge < -0.3 is 21.1 Å². The zero-order valence-electron chi connectivity index (χ0n) is 19.2. The lowest BCUT2D eigenvalue weighted by Gasteiger charge is -2.39. The normalized spacial score (nSPS) is 22.4. The first-order valence-electron chi connectivity index (χ1n) is 11.2. The summed E-state index contributed by atoms with van der Waals surface area (Å²) in [6.45, 7) is 3.55. The number of carbonyl (C=O) groups is 2. The quantitative estimate of drug-likeness (QED) is 0.624. The number of nitrogens with one attached hydrogen (secondary N) is 1. The lowest BCUT2D eigenvalue weighted by molar-refractivity contribution is -0.141. The van der Waals surface area contributed by atoms with Gasteiger partial charge in [0.15, 0.2) is 5.69 Å². The molecular formula is C23H28F3N5O3. The van der Waals surface area contributed by atoms with Gasteiger partial charge >= 0.3 is 6.18 Å². The molecule has 1 fully saturated rings. The second kappa shape index (κ2) is 8.30. The zero-order chi connectivity index (χ0) is 25.0. The van der Waals surface area contributed by atoms with E-state index in [1.54, 1.807) is 13.8 Å². The maximum Gasteiger partial charge on any atom is 0.435 e. The van der Waals surface area contributed by atoms with E-state index < -0.39 is 34.8 Å². The molecule has 0 spiro atoms. The van der Waals surface area contributed by atoms with Crippen LogP contribution in [0.25, 0.3) is 5.69 Å². The average Bonchev–Trinajstić information content (AvgIpc) is 3.12. The molecule has 2 aliphatic rings. The number of benzene rings is 1. The molecule has 0 bridgehead atoms. The Morgan fingerprint density at radius 2 is 1.88 bits per heavy atom. The number of nitrogens with zero attached hydrogens (tertiary/aromatic N) is 3. The van der Waals surface area contributed by atoms with Gasteiger partial charge in [0.2, 0.25) is 0 Å². The van der Waals surface area contributed by atoms with E-state index in [0.717, 1.165) is 4.68 Å². The molecule has 4 N–H and O–H groups in total. The Morgan fingerprint density at radius 1 is 1.24 bits per heavy atom. The van der Waals surface area contributed by atoms with Crippen LogP contribution in [0.15, 0.2) is 18.2 Å². The summed E-state index contributed by atoms with van der Waals surface area (Å²) in [6.07, 6.45) is -2.46. The molecule has 0 atom stereocenters. The van der Waals surface area contributed by atoms with Gasteiger partial charge in [-0.3, -0.25) is 9.59 Å². The van der Waals surface area contributed by atoms with Crippen molar-refractivity contribution in [2.24, 2.45) is 5.73 Å². The van der Waals surface area contributed by atoms with Crippen LogP contribution in [0, 0.1) is 0 Å². The molecule has 11 heteroatoms. The van der Waals surface area contributed by atoms with Crippen molar-refractivity contribution in [3.8, 4) is 5.69 Å². The number of aliphatic hydroxyl groups is 1. The molecule has 2 aromatic rings. The maximum absolute atomic E-state index is 13.8. The average molecular weight is 480 g/mol. The van der Waals surface area contributed by atoms with E-state index in [9.17, 15) is 27.9 Å². The van der Waals surface area contributed by atoms with Crippen molar-refractivity contribution in [3.05, 3.63) is 40.7 Å². The minimum atomic E-state index is -4.81. The number of halogens is 3. The van der Waals surface area contributed by atoms with Crippen molar-refractivity contribution in [1.82, 2.24) is 14.7 Å². The number of nitrogens with two attached hydrogens (primary N) is 1. The summed E-state index contributed by atoms with van der Waals surface area (Å²) in [5.74, 6) is -1.42. The second-order valence-corrected chi connectivity index (χ2v) is 9.68. The number of likely N-dealkylation sites (N-methyl/N-ethyl adjacent to an activating group) is 1. The number of anilines is 1. The Bertz CT molecular complexity index is 1130. The van der Waals surface area contributed by atoms with Crippen molar-refractivity contribution in [1.29, 1.82) is 0 Å². The van der Waals surface area contributed by atoms with Crippen LogP contribution in [-0.4, -0.2) is 56.3 Å². The number of aliphatic hydroxyl groups excluding tert-OH is 1. The summed E-state index contributed by atoms with van der Waals surface area (Å²) in [4.78, 5) is 26.2. The van der Waals surface area contributed by atoms with Gasteiger partial charge in [-0.25, -0.2) is 4.68 Å². The number of fused-ring (bicyclic) bond motifs is 1. The molecule has 1 aliphatic carbocycles. The van der Waals surface area contributed by atoms with E-state index in [2.05, 4.69) is 10.4 Å². The first-order valence-corrected chi connectivity index (χ1v) is 11.2. The Kier molecular flexibility index (Phi) is 5.87. The van der Waals surface area contributed by atoms with Crippen LogP contribution in [0.1, 0.15) is 71.6 Å². The van der Waals surface area contributed by atoms with Gasteiger partial charge in [-0.1, -0.05) is 0 Å². The van der Waals surface area contributed by atoms with Gasteiger partial charge in [-0.15, -0.1) is 0 Å². The lowest BCUT2D eigenvalue weighted by Crippen LogP contribution is -2.51. The van der Waals surface area contributed by atoms with Crippen molar-refractivity contribution < 1.29 is 27.9 Å². The Balaban J connectivity index is 1.83. The van der Waals surface area contributed by atoms with Crippen LogP contribution in [-0.2, 0) is 12.6 Å². The van der Waals surface area contributed by atoms with E-state index in [0.29, 0.717) is 31.4 Å². The van der Waals surface area contributed by atoms with Crippen LogP contribution in [0.5, 0.6) is 0 Å². The first-order chi connectivity index (χ1) is 15.8. The predicted octanol–water partition coefficient (Wildman–Crippen LogP) is 3.11.